The number of hydrogen-bond donors (Lipinski definition) is 0. The molecular weight excluding hydrogens is 340 g/mol. The van der Waals surface area contributed by atoms with Crippen LogP contribution in [0, 0.1) is 5.92 Å². The topological polar surface area (TPSA) is 26.3 Å². The van der Waals surface area contributed by atoms with Crippen molar-refractivity contribution in [3.05, 3.63) is 33.8 Å². The standard InChI is InChI=1S/C19H25BrO2/c1-18(2,3)22-17(21)13-6-9-19(10-7-13)11-8-14-12-15(20)4-5-16(14)19/h4-5,12-13H,6-11H2,1-3H3. The summed E-state index contributed by atoms with van der Waals surface area (Å²) in [6.07, 6.45) is 6.57. The molecule has 2 aliphatic rings. The van der Waals surface area contributed by atoms with Gasteiger partial charge in [0.1, 0.15) is 5.60 Å². The van der Waals surface area contributed by atoms with Crippen molar-refractivity contribution in [1.82, 2.24) is 0 Å². The van der Waals surface area contributed by atoms with E-state index < -0.39 is 0 Å². The zero-order chi connectivity index (χ0) is 16.0. The van der Waals surface area contributed by atoms with Crippen LogP contribution in [-0.4, -0.2) is 11.6 Å². The molecule has 2 nitrogen and oxygen atoms in total. The van der Waals surface area contributed by atoms with Crippen molar-refractivity contribution in [1.29, 1.82) is 0 Å². The van der Waals surface area contributed by atoms with E-state index in [0.29, 0.717) is 5.41 Å². The minimum atomic E-state index is -0.377. The van der Waals surface area contributed by atoms with Gasteiger partial charge in [0.2, 0.25) is 0 Å². The second-order valence-electron chi connectivity index (χ2n) is 7.89. The van der Waals surface area contributed by atoms with E-state index in [9.17, 15) is 4.79 Å². The molecular formula is C19H25BrO2. The van der Waals surface area contributed by atoms with Crippen molar-refractivity contribution in [2.24, 2.45) is 5.92 Å². The Morgan fingerprint density at radius 1 is 1.23 bits per heavy atom. The van der Waals surface area contributed by atoms with Crippen LogP contribution in [0.15, 0.2) is 22.7 Å². The Kier molecular flexibility index (Phi) is 4.13. The molecule has 120 valence electrons. The third-order valence-corrected chi connectivity index (χ3v) is 5.69. The fraction of sp³-hybridized carbons (Fsp3) is 0.632. The summed E-state index contributed by atoms with van der Waals surface area (Å²) in [5.74, 6) is 0.0840. The Labute approximate surface area is 141 Å². The monoisotopic (exact) mass is 364 g/mol. The maximum Gasteiger partial charge on any atom is 0.309 e. The molecule has 3 rings (SSSR count). The smallest absolute Gasteiger partial charge is 0.309 e. The van der Waals surface area contributed by atoms with Gasteiger partial charge in [-0.25, -0.2) is 0 Å². The van der Waals surface area contributed by atoms with Crippen molar-refractivity contribution in [3.8, 4) is 0 Å². The average molecular weight is 365 g/mol. The van der Waals surface area contributed by atoms with Gasteiger partial charge in [-0.15, -0.1) is 0 Å². The first-order valence-corrected chi connectivity index (χ1v) is 9.10. The highest BCUT2D eigenvalue weighted by atomic mass is 79.9. The number of benzene rings is 1. The van der Waals surface area contributed by atoms with Crippen LogP contribution in [0.3, 0.4) is 0 Å². The lowest BCUT2D eigenvalue weighted by Crippen LogP contribution is -2.35. The average Bonchev–Trinajstić information content (AvgIpc) is 2.76. The number of hydrogen-bond acceptors (Lipinski definition) is 2. The summed E-state index contributed by atoms with van der Waals surface area (Å²) in [5.41, 5.74) is 2.95. The van der Waals surface area contributed by atoms with E-state index in [1.165, 1.54) is 28.4 Å². The molecule has 22 heavy (non-hydrogen) atoms. The molecule has 0 N–H and O–H groups in total. The first kappa shape index (κ1) is 16.0. The number of ether oxygens (including phenoxy) is 1. The zero-order valence-corrected chi connectivity index (χ0v) is 15.3. The molecule has 0 heterocycles. The van der Waals surface area contributed by atoms with Crippen LogP contribution in [0.1, 0.15) is 64.0 Å². The highest BCUT2D eigenvalue weighted by Gasteiger charge is 2.43. The van der Waals surface area contributed by atoms with Gasteiger partial charge in [-0.2, -0.15) is 0 Å². The second kappa shape index (κ2) is 5.67. The Hall–Kier alpha value is -0.830. The predicted molar refractivity (Wildman–Crippen MR) is 91.9 cm³/mol. The molecule has 1 aromatic rings. The Morgan fingerprint density at radius 3 is 2.55 bits per heavy atom. The number of aryl methyl sites for hydroxylation is 1. The first-order chi connectivity index (χ1) is 10.3. The van der Waals surface area contributed by atoms with Gasteiger partial charge in [0, 0.05) is 4.47 Å². The largest absolute Gasteiger partial charge is 0.460 e. The Balaban J connectivity index is 1.69. The molecule has 0 aromatic heterocycles. The molecule has 0 aliphatic heterocycles. The summed E-state index contributed by atoms with van der Waals surface area (Å²) < 4.78 is 6.74. The molecule has 1 aromatic carbocycles. The van der Waals surface area contributed by atoms with Gasteiger partial charge in [-0.05, 0) is 88.0 Å². The lowest BCUT2D eigenvalue weighted by atomic mass is 9.67. The van der Waals surface area contributed by atoms with E-state index in [1.54, 1.807) is 0 Å². The van der Waals surface area contributed by atoms with E-state index >= 15 is 0 Å². The summed E-state index contributed by atoms with van der Waals surface area (Å²) in [5, 5.41) is 0. The second-order valence-corrected chi connectivity index (χ2v) is 8.81. The van der Waals surface area contributed by atoms with E-state index in [2.05, 4.69) is 34.1 Å². The third kappa shape index (κ3) is 3.10. The van der Waals surface area contributed by atoms with E-state index in [4.69, 9.17) is 4.74 Å². The predicted octanol–water partition coefficient (Wildman–Crippen LogP) is 5.17. The summed E-state index contributed by atoms with van der Waals surface area (Å²) in [4.78, 5) is 12.3. The molecule has 0 unspecified atom stereocenters. The minimum absolute atomic E-state index is 0.00336. The van der Waals surface area contributed by atoms with Gasteiger partial charge in [-0.1, -0.05) is 22.0 Å². The molecule has 3 heteroatoms. The van der Waals surface area contributed by atoms with Crippen LogP contribution in [0.4, 0.5) is 0 Å². The first-order valence-electron chi connectivity index (χ1n) is 8.31. The summed E-state index contributed by atoms with van der Waals surface area (Å²) >= 11 is 3.57. The fourth-order valence-electron chi connectivity index (χ4n) is 4.11. The zero-order valence-electron chi connectivity index (χ0n) is 13.7. The summed E-state index contributed by atoms with van der Waals surface area (Å²) in [7, 11) is 0. The molecule has 1 spiro atoms. The number of halogens is 1. The van der Waals surface area contributed by atoms with Gasteiger partial charge in [0.05, 0.1) is 5.92 Å². The fourth-order valence-corrected chi connectivity index (χ4v) is 4.51. The molecule has 0 bridgehead atoms. The van der Waals surface area contributed by atoms with Crippen LogP contribution in [0.2, 0.25) is 0 Å². The molecule has 1 fully saturated rings. The molecule has 0 atom stereocenters. The molecule has 0 saturated heterocycles. The van der Waals surface area contributed by atoms with Gasteiger partial charge in [-0.3, -0.25) is 4.79 Å². The molecule has 0 amide bonds. The Morgan fingerprint density at radius 2 is 1.91 bits per heavy atom. The van der Waals surface area contributed by atoms with Crippen molar-refractivity contribution in [3.63, 3.8) is 0 Å². The molecule has 0 radical (unpaired) electrons. The van der Waals surface area contributed by atoms with Crippen LogP contribution >= 0.6 is 15.9 Å². The van der Waals surface area contributed by atoms with Crippen LogP contribution in [0.5, 0.6) is 0 Å². The Bertz CT molecular complexity index is 578. The van der Waals surface area contributed by atoms with Crippen LogP contribution in [-0.2, 0) is 21.4 Å². The van der Waals surface area contributed by atoms with E-state index in [-0.39, 0.29) is 17.5 Å². The van der Waals surface area contributed by atoms with Gasteiger partial charge in [0.25, 0.3) is 0 Å². The SMILES string of the molecule is CC(C)(C)OC(=O)C1CCC2(CCc3cc(Br)ccc32)CC1. The highest BCUT2D eigenvalue weighted by Crippen LogP contribution is 2.50. The van der Waals surface area contributed by atoms with E-state index in [0.717, 1.165) is 25.7 Å². The normalized spacial score (nSPS) is 27.7. The quantitative estimate of drug-likeness (QED) is 0.642. The van der Waals surface area contributed by atoms with Gasteiger partial charge >= 0.3 is 5.97 Å². The number of carbonyl (C=O) groups excluding carboxylic acids is 1. The van der Waals surface area contributed by atoms with Crippen molar-refractivity contribution in [2.45, 2.75) is 70.3 Å². The van der Waals surface area contributed by atoms with Crippen molar-refractivity contribution < 1.29 is 9.53 Å². The third-order valence-electron chi connectivity index (χ3n) is 5.19. The minimum Gasteiger partial charge on any atom is -0.460 e. The summed E-state index contributed by atoms with van der Waals surface area (Å²) in [6, 6.07) is 6.72. The summed E-state index contributed by atoms with van der Waals surface area (Å²) in [6.45, 7) is 5.83. The van der Waals surface area contributed by atoms with E-state index in [1.807, 2.05) is 20.8 Å². The molecule has 1 saturated carbocycles. The maximum absolute atomic E-state index is 12.3. The molecule has 2 aliphatic carbocycles. The lowest BCUT2D eigenvalue weighted by molar-refractivity contribution is -0.161. The van der Waals surface area contributed by atoms with Crippen molar-refractivity contribution >= 4 is 21.9 Å². The number of rotatable bonds is 1. The van der Waals surface area contributed by atoms with Crippen molar-refractivity contribution in [2.75, 3.05) is 0 Å². The maximum atomic E-state index is 12.3. The number of carbonyl (C=O) groups is 1. The number of esters is 1. The number of fused-ring (bicyclic) bond motifs is 2. The van der Waals surface area contributed by atoms with Crippen LogP contribution < -0.4 is 0 Å². The highest BCUT2D eigenvalue weighted by molar-refractivity contribution is 9.10. The van der Waals surface area contributed by atoms with Gasteiger partial charge in [0.15, 0.2) is 0 Å². The lowest BCUT2D eigenvalue weighted by Gasteiger charge is -2.38. The van der Waals surface area contributed by atoms with Crippen LogP contribution in [0.25, 0.3) is 0 Å². The van der Waals surface area contributed by atoms with Gasteiger partial charge < -0.3 is 4.74 Å².